The first-order valence-corrected chi connectivity index (χ1v) is 3.29. The SMILES string of the molecule is CCOC(=O)CC([NH3+])C(=O)O. The first-order valence-electron chi connectivity index (χ1n) is 3.29. The molecule has 0 rings (SSSR count). The van der Waals surface area contributed by atoms with Gasteiger partial charge in [0.25, 0.3) is 0 Å². The zero-order chi connectivity index (χ0) is 8.85. The minimum atomic E-state index is -1.09. The van der Waals surface area contributed by atoms with Crippen LogP contribution in [0.1, 0.15) is 13.3 Å². The molecule has 11 heavy (non-hydrogen) atoms. The van der Waals surface area contributed by atoms with Gasteiger partial charge in [0.15, 0.2) is 6.04 Å². The van der Waals surface area contributed by atoms with E-state index in [2.05, 4.69) is 10.5 Å². The lowest BCUT2D eigenvalue weighted by molar-refractivity contribution is -0.407. The van der Waals surface area contributed by atoms with E-state index >= 15 is 0 Å². The normalized spacial score (nSPS) is 12.2. The van der Waals surface area contributed by atoms with Crippen LogP contribution in [0.4, 0.5) is 0 Å². The van der Waals surface area contributed by atoms with Crippen molar-refractivity contribution >= 4 is 11.9 Å². The van der Waals surface area contributed by atoms with Crippen molar-refractivity contribution in [2.75, 3.05) is 6.61 Å². The van der Waals surface area contributed by atoms with E-state index in [9.17, 15) is 9.59 Å². The molecule has 0 aromatic heterocycles. The lowest BCUT2D eigenvalue weighted by Gasteiger charge is -2.01. The van der Waals surface area contributed by atoms with Crippen molar-refractivity contribution in [2.24, 2.45) is 0 Å². The monoisotopic (exact) mass is 162 g/mol. The number of carbonyl (C=O) groups excluding carboxylic acids is 1. The number of hydrogen-bond acceptors (Lipinski definition) is 3. The molecule has 0 fully saturated rings. The maximum absolute atomic E-state index is 10.6. The summed E-state index contributed by atoms with van der Waals surface area (Å²) in [6.07, 6.45) is -0.164. The molecule has 0 saturated carbocycles. The lowest BCUT2D eigenvalue weighted by atomic mass is 10.2. The molecule has 4 N–H and O–H groups in total. The molecule has 0 radical (unpaired) electrons. The number of quaternary nitrogens is 1. The van der Waals surface area contributed by atoms with E-state index in [-0.39, 0.29) is 13.0 Å². The number of carbonyl (C=O) groups is 2. The number of esters is 1. The molecule has 0 aromatic rings. The highest BCUT2D eigenvalue weighted by molar-refractivity contribution is 5.79. The number of aliphatic carboxylic acids is 1. The third-order valence-electron chi connectivity index (χ3n) is 1.07. The fourth-order valence-electron chi connectivity index (χ4n) is 0.508. The van der Waals surface area contributed by atoms with Crippen LogP contribution in [0.5, 0.6) is 0 Å². The summed E-state index contributed by atoms with van der Waals surface area (Å²) in [7, 11) is 0. The van der Waals surface area contributed by atoms with Crippen LogP contribution in [0.25, 0.3) is 0 Å². The minimum absolute atomic E-state index is 0.164. The van der Waals surface area contributed by atoms with Gasteiger partial charge in [-0.1, -0.05) is 0 Å². The molecule has 0 heterocycles. The van der Waals surface area contributed by atoms with E-state index in [1.807, 2.05) is 0 Å². The average Bonchev–Trinajstić information content (AvgIpc) is 1.87. The fraction of sp³-hybridized carbons (Fsp3) is 0.667. The van der Waals surface area contributed by atoms with Crippen LogP contribution >= 0.6 is 0 Å². The van der Waals surface area contributed by atoms with Crippen molar-refractivity contribution in [3.05, 3.63) is 0 Å². The minimum Gasteiger partial charge on any atom is -0.477 e. The van der Waals surface area contributed by atoms with Crippen LogP contribution in [0.3, 0.4) is 0 Å². The second-order valence-corrected chi connectivity index (χ2v) is 2.04. The van der Waals surface area contributed by atoms with Crippen LogP contribution in [0, 0.1) is 0 Å². The number of hydrogen-bond donors (Lipinski definition) is 2. The number of ether oxygens (including phenoxy) is 1. The fourth-order valence-corrected chi connectivity index (χ4v) is 0.508. The highest BCUT2D eigenvalue weighted by atomic mass is 16.5. The van der Waals surface area contributed by atoms with Gasteiger partial charge in [-0.25, -0.2) is 4.79 Å². The zero-order valence-electron chi connectivity index (χ0n) is 6.37. The predicted octanol–water partition coefficient (Wildman–Crippen LogP) is -1.37. The Balaban J connectivity index is 3.66. The quantitative estimate of drug-likeness (QED) is 0.499. The summed E-state index contributed by atoms with van der Waals surface area (Å²) in [6, 6.07) is -0.908. The standard InChI is InChI=1S/C6H11NO4/c1-2-11-5(8)3-4(7)6(9)10/h4H,2-3,7H2,1H3,(H,9,10)/p+1. The highest BCUT2D eigenvalue weighted by Crippen LogP contribution is 1.89. The molecule has 5 heteroatoms. The molecule has 0 amide bonds. The summed E-state index contributed by atoms with van der Waals surface area (Å²) >= 11 is 0. The maximum atomic E-state index is 10.6. The smallest absolute Gasteiger partial charge is 0.362 e. The lowest BCUT2D eigenvalue weighted by Crippen LogP contribution is -2.65. The summed E-state index contributed by atoms with van der Waals surface area (Å²) in [5.74, 6) is -1.60. The van der Waals surface area contributed by atoms with Gasteiger partial charge in [-0.05, 0) is 6.92 Å². The van der Waals surface area contributed by atoms with Crippen LogP contribution in [0.15, 0.2) is 0 Å². The number of carboxylic acid groups (broad SMARTS) is 1. The molecule has 1 unspecified atom stereocenters. The largest absolute Gasteiger partial charge is 0.477 e. The molecular formula is C6H12NO4+. The Hall–Kier alpha value is -1.10. The van der Waals surface area contributed by atoms with Gasteiger partial charge in [0.2, 0.25) is 0 Å². The number of carboxylic acids is 1. The molecule has 0 bridgehead atoms. The number of rotatable bonds is 4. The van der Waals surface area contributed by atoms with E-state index in [1.54, 1.807) is 6.92 Å². The van der Waals surface area contributed by atoms with E-state index in [0.29, 0.717) is 0 Å². The highest BCUT2D eigenvalue weighted by Gasteiger charge is 2.20. The second kappa shape index (κ2) is 4.68. The Bertz CT molecular complexity index is 157. The Labute approximate surface area is 64.1 Å². The van der Waals surface area contributed by atoms with Crippen LogP contribution in [-0.2, 0) is 14.3 Å². The van der Waals surface area contributed by atoms with Crippen LogP contribution in [-0.4, -0.2) is 29.7 Å². The van der Waals surface area contributed by atoms with Gasteiger partial charge in [-0.3, -0.25) is 4.79 Å². The van der Waals surface area contributed by atoms with Gasteiger partial charge < -0.3 is 15.6 Å². The third-order valence-corrected chi connectivity index (χ3v) is 1.07. The average molecular weight is 162 g/mol. The Morgan fingerprint density at radius 2 is 2.18 bits per heavy atom. The molecule has 0 aliphatic carbocycles. The topological polar surface area (TPSA) is 91.2 Å². The molecule has 5 nitrogen and oxygen atoms in total. The third kappa shape index (κ3) is 4.32. The molecule has 64 valence electrons. The van der Waals surface area contributed by atoms with Gasteiger partial charge in [-0.15, -0.1) is 0 Å². The molecular weight excluding hydrogens is 150 g/mol. The van der Waals surface area contributed by atoms with Crippen LogP contribution in [0.2, 0.25) is 0 Å². The van der Waals surface area contributed by atoms with Crippen LogP contribution < -0.4 is 5.73 Å². The molecule has 0 aliphatic rings. The van der Waals surface area contributed by atoms with E-state index in [1.165, 1.54) is 0 Å². The van der Waals surface area contributed by atoms with Crippen molar-refractivity contribution in [1.82, 2.24) is 0 Å². The van der Waals surface area contributed by atoms with Crippen molar-refractivity contribution in [3.63, 3.8) is 0 Å². The zero-order valence-corrected chi connectivity index (χ0v) is 6.37. The molecule has 0 aliphatic heterocycles. The van der Waals surface area contributed by atoms with Gasteiger partial charge in [0, 0.05) is 0 Å². The summed E-state index contributed by atoms with van der Waals surface area (Å²) in [4.78, 5) is 20.8. The Morgan fingerprint density at radius 1 is 1.64 bits per heavy atom. The summed E-state index contributed by atoms with van der Waals surface area (Å²) in [5.41, 5.74) is 3.26. The summed E-state index contributed by atoms with van der Waals surface area (Å²) in [5, 5.41) is 8.33. The molecule has 1 atom stereocenters. The van der Waals surface area contributed by atoms with E-state index in [0.717, 1.165) is 0 Å². The predicted molar refractivity (Wildman–Crippen MR) is 35.6 cm³/mol. The van der Waals surface area contributed by atoms with Gasteiger partial charge >= 0.3 is 11.9 Å². The first kappa shape index (κ1) is 9.90. The van der Waals surface area contributed by atoms with Crippen molar-refractivity contribution in [1.29, 1.82) is 0 Å². The summed E-state index contributed by atoms with van der Waals surface area (Å²) in [6.45, 7) is 1.93. The Kier molecular flexibility index (Phi) is 4.21. The van der Waals surface area contributed by atoms with Gasteiger partial charge in [0.05, 0.1) is 6.61 Å². The molecule has 0 saturated heterocycles. The van der Waals surface area contributed by atoms with Crippen molar-refractivity contribution < 1.29 is 25.2 Å². The molecule has 0 aromatic carbocycles. The second-order valence-electron chi connectivity index (χ2n) is 2.04. The van der Waals surface area contributed by atoms with Crippen molar-refractivity contribution in [3.8, 4) is 0 Å². The van der Waals surface area contributed by atoms with E-state index in [4.69, 9.17) is 5.11 Å². The van der Waals surface area contributed by atoms with Gasteiger partial charge in [0.1, 0.15) is 6.42 Å². The maximum Gasteiger partial charge on any atom is 0.362 e. The Morgan fingerprint density at radius 3 is 2.55 bits per heavy atom. The van der Waals surface area contributed by atoms with Gasteiger partial charge in [-0.2, -0.15) is 0 Å². The first-order chi connectivity index (χ1) is 5.07. The summed E-state index contributed by atoms with van der Waals surface area (Å²) < 4.78 is 4.52. The van der Waals surface area contributed by atoms with E-state index < -0.39 is 18.0 Å². The van der Waals surface area contributed by atoms with Crippen molar-refractivity contribution in [2.45, 2.75) is 19.4 Å². The molecule has 0 spiro atoms.